The van der Waals surface area contributed by atoms with Gasteiger partial charge in [-0.25, -0.2) is 4.39 Å². The number of hydrogen-bond donors (Lipinski definition) is 2. The third-order valence-electron chi connectivity index (χ3n) is 2.77. The first kappa shape index (κ1) is 14.3. The van der Waals surface area contributed by atoms with Gasteiger partial charge in [0.05, 0.1) is 36.3 Å². The standard InChI is InChI=1S/C14H14ClFN2O2/c1-19-8-3-4-12(14(5-8)20-2)18-13-6-9(15)10(16)7-11(13)17/h3-7,18H,17H2,1-2H3. The molecule has 0 aliphatic rings. The maximum absolute atomic E-state index is 13.3. The minimum Gasteiger partial charge on any atom is -0.497 e. The molecule has 2 rings (SSSR count). The molecule has 2 aromatic carbocycles. The van der Waals surface area contributed by atoms with Gasteiger partial charge in [0.15, 0.2) is 0 Å². The van der Waals surface area contributed by atoms with Crippen LogP contribution < -0.4 is 20.5 Å². The molecule has 3 N–H and O–H groups in total. The number of nitrogens with two attached hydrogens (primary N) is 1. The van der Waals surface area contributed by atoms with Gasteiger partial charge in [0, 0.05) is 12.1 Å². The Morgan fingerprint density at radius 3 is 2.50 bits per heavy atom. The van der Waals surface area contributed by atoms with Crippen molar-refractivity contribution in [2.75, 3.05) is 25.3 Å². The van der Waals surface area contributed by atoms with E-state index >= 15 is 0 Å². The van der Waals surface area contributed by atoms with Crippen LogP contribution in [0, 0.1) is 5.82 Å². The van der Waals surface area contributed by atoms with Crippen molar-refractivity contribution >= 4 is 28.7 Å². The number of nitrogens with one attached hydrogen (secondary N) is 1. The van der Waals surface area contributed by atoms with Crippen molar-refractivity contribution in [2.24, 2.45) is 0 Å². The fourth-order valence-electron chi connectivity index (χ4n) is 1.72. The summed E-state index contributed by atoms with van der Waals surface area (Å²) in [6.07, 6.45) is 0. The van der Waals surface area contributed by atoms with Gasteiger partial charge in [0.25, 0.3) is 0 Å². The van der Waals surface area contributed by atoms with Crippen molar-refractivity contribution in [1.29, 1.82) is 0 Å². The molecular weight excluding hydrogens is 283 g/mol. The van der Waals surface area contributed by atoms with E-state index in [1.807, 2.05) is 0 Å². The van der Waals surface area contributed by atoms with E-state index in [4.69, 9.17) is 26.8 Å². The van der Waals surface area contributed by atoms with Gasteiger partial charge in [0.2, 0.25) is 0 Å². The number of halogens is 2. The SMILES string of the molecule is COc1ccc(Nc2cc(Cl)c(F)cc2N)c(OC)c1. The Morgan fingerprint density at radius 2 is 1.85 bits per heavy atom. The Balaban J connectivity index is 2.37. The summed E-state index contributed by atoms with van der Waals surface area (Å²) in [6, 6.07) is 7.86. The van der Waals surface area contributed by atoms with Crippen molar-refractivity contribution in [3.63, 3.8) is 0 Å². The summed E-state index contributed by atoms with van der Waals surface area (Å²) in [4.78, 5) is 0. The summed E-state index contributed by atoms with van der Waals surface area (Å²) in [7, 11) is 3.11. The molecule has 0 radical (unpaired) electrons. The third-order valence-corrected chi connectivity index (χ3v) is 3.06. The topological polar surface area (TPSA) is 56.5 Å². The molecule has 0 aliphatic heterocycles. The lowest BCUT2D eigenvalue weighted by atomic mass is 10.2. The number of nitrogen functional groups attached to an aromatic ring is 1. The molecule has 0 fully saturated rings. The molecule has 4 nitrogen and oxygen atoms in total. The highest BCUT2D eigenvalue weighted by molar-refractivity contribution is 6.31. The van der Waals surface area contributed by atoms with Crippen molar-refractivity contribution in [3.8, 4) is 11.5 Å². The molecule has 20 heavy (non-hydrogen) atoms. The molecule has 2 aromatic rings. The smallest absolute Gasteiger partial charge is 0.145 e. The van der Waals surface area contributed by atoms with E-state index in [1.165, 1.54) is 12.1 Å². The number of benzene rings is 2. The molecule has 0 saturated heterocycles. The lowest BCUT2D eigenvalue weighted by Crippen LogP contribution is -2.00. The lowest BCUT2D eigenvalue weighted by Gasteiger charge is -2.14. The zero-order chi connectivity index (χ0) is 14.7. The van der Waals surface area contributed by atoms with Crippen LogP contribution in [-0.4, -0.2) is 14.2 Å². The first-order valence-electron chi connectivity index (χ1n) is 5.78. The van der Waals surface area contributed by atoms with Crippen molar-refractivity contribution < 1.29 is 13.9 Å². The van der Waals surface area contributed by atoms with Gasteiger partial charge in [-0.1, -0.05) is 11.6 Å². The largest absolute Gasteiger partial charge is 0.497 e. The number of methoxy groups -OCH3 is 2. The van der Waals surface area contributed by atoms with Crippen molar-refractivity contribution in [2.45, 2.75) is 0 Å². The van der Waals surface area contributed by atoms with Gasteiger partial charge in [-0.2, -0.15) is 0 Å². The Hall–Kier alpha value is -2.14. The van der Waals surface area contributed by atoms with Crippen LogP contribution in [0.1, 0.15) is 0 Å². The van der Waals surface area contributed by atoms with Gasteiger partial charge < -0.3 is 20.5 Å². The molecule has 0 heterocycles. The van der Waals surface area contributed by atoms with Gasteiger partial charge in [-0.3, -0.25) is 0 Å². The summed E-state index contributed by atoms with van der Waals surface area (Å²) < 4.78 is 23.6. The van der Waals surface area contributed by atoms with Gasteiger partial charge in [-0.15, -0.1) is 0 Å². The van der Waals surface area contributed by atoms with E-state index < -0.39 is 5.82 Å². The number of hydrogen-bond acceptors (Lipinski definition) is 4. The fourth-order valence-corrected chi connectivity index (χ4v) is 1.88. The quantitative estimate of drug-likeness (QED) is 0.842. The van der Waals surface area contributed by atoms with E-state index in [1.54, 1.807) is 32.4 Å². The molecule has 0 bridgehead atoms. The average Bonchev–Trinajstić information content (AvgIpc) is 2.45. The van der Waals surface area contributed by atoms with Crippen LogP contribution in [-0.2, 0) is 0 Å². The molecule has 0 amide bonds. The molecule has 0 aromatic heterocycles. The van der Waals surface area contributed by atoms with E-state index in [9.17, 15) is 4.39 Å². The first-order chi connectivity index (χ1) is 9.55. The Morgan fingerprint density at radius 1 is 1.10 bits per heavy atom. The predicted molar refractivity (Wildman–Crippen MR) is 78.7 cm³/mol. The van der Waals surface area contributed by atoms with Gasteiger partial charge in [0.1, 0.15) is 17.3 Å². The Kier molecular flexibility index (Phi) is 4.20. The highest BCUT2D eigenvalue weighted by Gasteiger charge is 2.10. The molecule has 0 atom stereocenters. The molecule has 0 saturated carbocycles. The normalized spacial score (nSPS) is 10.2. The monoisotopic (exact) mass is 296 g/mol. The number of rotatable bonds is 4. The zero-order valence-electron chi connectivity index (χ0n) is 11.0. The minimum absolute atomic E-state index is 0.00539. The van der Waals surface area contributed by atoms with Gasteiger partial charge in [-0.05, 0) is 18.2 Å². The van der Waals surface area contributed by atoms with Crippen molar-refractivity contribution in [1.82, 2.24) is 0 Å². The maximum Gasteiger partial charge on any atom is 0.145 e. The van der Waals surface area contributed by atoms with E-state index in [0.717, 1.165) is 0 Å². The van der Waals surface area contributed by atoms with E-state index in [2.05, 4.69) is 5.32 Å². The molecule has 0 unspecified atom stereocenters. The summed E-state index contributed by atoms with van der Waals surface area (Å²) in [5, 5.41) is 3.05. The van der Waals surface area contributed by atoms with Crippen LogP contribution in [0.15, 0.2) is 30.3 Å². The van der Waals surface area contributed by atoms with Crippen LogP contribution in [0.4, 0.5) is 21.5 Å². The zero-order valence-corrected chi connectivity index (χ0v) is 11.8. The molecule has 0 spiro atoms. The first-order valence-corrected chi connectivity index (χ1v) is 6.16. The van der Waals surface area contributed by atoms with Crippen LogP contribution >= 0.6 is 11.6 Å². The van der Waals surface area contributed by atoms with Crippen molar-refractivity contribution in [3.05, 3.63) is 41.2 Å². The highest BCUT2D eigenvalue weighted by atomic mass is 35.5. The molecular formula is C14H14ClFN2O2. The molecule has 6 heteroatoms. The van der Waals surface area contributed by atoms with Crippen LogP contribution in [0.3, 0.4) is 0 Å². The molecule has 106 valence electrons. The van der Waals surface area contributed by atoms with Crippen LogP contribution in [0.25, 0.3) is 0 Å². The maximum atomic E-state index is 13.3. The van der Waals surface area contributed by atoms with E-state index in [-0.39, 0.29) is 10.7 Å². The Labute approximate surface area is 121 Å². The second kappa shape index (κ2) is 5.88. The second-order valence-corrected chi connectivity index (χ2v) is 4.45. The van der Waals surface area contributed by atoms with Crippen LogP contribution in [0.5, 0.6) is 11.5 Å². The van der Waals surface area contributed by atoms with E-state index in [0.29, 0.717) is 22.9 Å². The predicted octanol–water partition coefficient (Wildman–Crippen LogP) is 3.82. The minimum atomic E-state index is -0.559. The second-order valence-electron chi connectivity index (χ2n) is 4.04. The third kappa shape index (κ3) is 2.88. The van der Waals surface area contributed by atoms with Crippen LogP contribution in [0.2, 0.25) is 5.02 Å². The Bertz CT molecular complexity index is 635. The lowest BCUT2D eigenvalue weighted by molar-refractivity contribution is 0.395. The number of ether oxygens (including phenoxy) is 2. The summed E-state index contributed by atoms with van der Waals surface area (Å²) in [6.45, 7) is 0. The van der Waals surface area contributed by atoms with Gasteiger partial charge >= 0.3 is 0 Å². The summed E-state index contributed by atoms with van der Waals surface area (Å²) in [5.74, 6) is 0.679. The fraction of sp³-hybridized carbons (Fsp3) is 0.143. The summed E-state index contributed by atoms with van der Waals surface area (Å²) in [5.41, 5.74) is 7.18. The summed E-state index contributed by atoms with van der Waals surface area (Å²) >= 11 is 5.75. The highest BCUT2D eigenvalue weighted by Crippen LogP contribution is 2.34. The number of anilines is 3. The molecule has 0 aliphatic carbocycles. The average molecular weight is 297 g/mol.